The highest BCUT2D eigenvalue weighted by Crippen LogP contribution is 2.37. The maximum atomic E-state index is 12.5. The zero-order chi connectivity index (χ0) is 23.3. The minimum absolute atomic E-state index is 0.199. The highest BCUT2D eigenvalue weighted by atomic mass is 79.9. The van der Waals surface area contributed by atoms with Crippen molar-refractivity contribution < 1.29 is 28.6 Å². The molecule has 0 aliphatic carbocycles. The van der Waals surface area contributed by atoms with Crippen LogP contribution in [-0.2, 0) is 14.3 Å². The van der Waals surface area contributed by atoms with Crippen LogP contribution in [0.5, 0.6) is 11.5 Å². The highest BCUT2D eigenvalue weighted by Gasteiger charge is 2.40. The number of ether oxygens (including phenoxy) is 3. The van der Waals surface area contributed by atoms with Crippen LogP contribution in [0.15, 0.2) is 59.2 Å². The van der Waals surface area contributed by atoms with Gasteiger partial charge in [-0.15, -0.1) is 0 Å². The summed E-state index contributed by atoms with van der Waals surface area (Å²) in [6.07, 6.45) is 0. The number of esters is 1. The molecule has 1 heterocycles. The number of hydrogen-bond acceptors (Lipinski definition) is 6. The monoisotopic (exact) mass is 503 g/mol. The molecule has 0 bridgehead atoms. The Balaban J connectivity index is 1.83. The van der Waals surface area contributed by atoms with Crippen LogP contribution in [-0.4, -0.2) is 38.7 Å². The number of carbonyl (C=O) groups excluding carboxylic acids is 3. The van der Waals surface area contributed by atoms with Gasteiger partial charge in [0.25, 0.3) is 5.91 Å². The van der Waals surface area contributed by atoms with E-state index in [-0.39, 0.29) is 12.3 Å². The number of halogens is 1. The standard InChI is InChI=1S/C22H22BrN3O6/c1-12-19(21(28)31-3)20(26-22(29)24-12)14-10-13(23)8-9-16(14)32-11-18(27)25-15-6-4-5-7-17(15)30-2/h4-10,19-20H,1,11H2,2-3H3,(H,25,27)(H2,24,26,29)/t19-,20+/m1/s1. The number of rotatable bonds is 7. The molecule has 10 heteroatoms. The lowest BCUT2D eigenvalue weighted by atomic mass is 9.88. The lowest BCUT2D eigenvalue weighted by Gasteiger charge is -2.33. The molecule has 0 radical (unpaired) electrons. The molecule has 168 valence electrons. The molecule has 2 atom stereocenters. The van der Waals surface area contributed by atoms with E-state index in [2.05, 4.69) is 38.5 Å². The number of urea groups is 1. The Labute approximate surface area is 193 Å². The molecule has 0 saturated carbocycles. The fourth-order valence-electron chi connectivity index (χ4n) is 3.32. The van der Waals surface area contributed by atoms with Gasteiger partial charge >= 0.3 is 12.0 Å². The van der Waals surface area contributed by atoms with Gasteiger partial charge in [-0.25, -0.2) is 4.79 Å². The zero-order valence-corrected chi connectivity index (χ0v) is 19.0. The summed E-state index contributed by atoms with van der Waals surface area (Å²) < 4.78 is 16.6. The fourth-order valence-corrected chi connectivity index (χ4v) is 3.70. The summed E-state index contributed by atoms with van der Waals surface area (Å²) in [5.74, 6) is -1.05. The number of nitrogens with one attached hydrogen (secondary N) is 3. The van der Waals surface area contributed by atoms with E-state index in [1.54, 1.807) is 42.5 Å². The lowest BCUT2D eigenvalue weighted by molar-refractivity contribution is -0.145. The van der Waals surface area contributed by atoms with Crippen molar-refractivity contribution in [1.29, 1.82) is 0 Å². The summed E-state index contributed by atoms with van der Waals surface area (Å²) >= 11 is 3.39. The van der Waals surface area contributed by atoms with Gasteiger partial charge < -0.3 is 30.2 Å². The quantitative estimate of drug-likeness (QED) is 0.500. The second kappa shape index (κ2) is 10.2. The lowest BCUT2D eigenvalue weighted by Crippen LogP contribution is -2.51. The first-order chi connectivity index (χ1) is 15.3. The normalized spacial score (nSPS) is 17.6. The van der Waals surface area contributed by atoms with E-state index >= 15 is 0 Å². The number of carbonyl (C=O) groups is 3. The van der Waals surface area contributed by atoms with Crippen molar-refractivity contribution in [3.8, 4) is 11.5 Å². The molecule has 32 heavy (non-hydrogen) atoms. The molecular weight excluding hydrogens is 482 g/mol. The van der Waals surface area contributed by atoms with Crippen molar-refractivity contribution in [2.75, 3.05) is 26.1 Å². The van der Waals surface area contributed by atoms with Crippen molar-refractivity contribution in [2.45, 2.75) is 6.04 Å². The molecule has 1 fully saturated rings. The van der Waals surface area contributed by atoms with Gasteiger partial charge in [0.2, 0.25) is 0 Å². The first-order valence-electron chi connectivity index (χ1n) is 9.53. The van der Waals surface area contributed by atoms with Gasteiger partial charge in [-0.1, -0.05) is 34.6 Å². The Morgan fingerprint density at radius 3 is 2.62 bits per heavy atom. The molecule has 9 nitrogen and oxygen atoms in total. The number of hydrogen-bond donors (Lipinski definition) is 3. The molecule has 3 amide bonds. The fraction of sp³-hybridized carbons (Fsp3) is 0.227. The van der Waals surface area contributed by atoms with Crippen LogP contribution >= 0.6 is 15.9 Å². The second-order valence-corrected chi connectivity index (χ2v) is 7.74. The highest BCUT2D eigenvalue weighted by molar-refractivity contribution is 9.10. The third kappa shape index (κ3) is 5.20. The van der Waals surface area contributed by atoms with Gasteiger partial charge in [0.1, 0.15) is 17.4 Å². The zero-order valence-electron chi connectivity index (χ0n) is 17.4. The summed E-state index contributed by atoms with van der Waals surface area (Å²) in [6, 6.07) is 10.7. The van der Waals surface area contributed by atoms with Crippen LogP contribution in [0, 0.1) is 5.92 Å². The van der Waals surface area contributed by atoms with Crippen molar-refractivity contribution in [1.82, 2.24) is 10.6 Å². The summed E-state index contributed by atoms with van der Waals surface area (Å²) in [5.41, 5.74) is 1.19. The Bertz CT molecular complexity index is 1060. The average molecular weight is 504 g/mol. The van der Waals surface area contributed by atoms with Crippen LogP contribution in [0.2, 0.25) is 0 Å². The molecular formula is C22H22BrN3O6. The predicted octanol–water partition coefficient (Wildman–Crippen LogP) is 3.13. The Morgan fingerprint density at radius 2 is 1.91 bits per heavy atom. The molecule has 0 aromatic heterocycles. The third-order valence-corrected chi connectivity index (χ3v) is 5.26. The van der Waals surface area contributed by atoms with Gasteiger partial charge in [-0.05, 0) is 30.3 Å². The van der Waals surface area contributed by atoms with E-state index in [4.69, 9.17) is 14.2 Å². The van der Waals surface area contributed by atoms with Crippen LogP contribution in [0.25, 0.3) is 0 Å². The minimum Gasteiger partial charge on any atom is -0.495 e. The number of benzene rings is 2. The topological polar surface area (TPSA) is 115 Å². The molecule has 2 aromatic rings. The van der Waals surface area contributed by atoms with Crippen LogP contribution < -0.4 is 25.4 Å². The maximum absolute atomic E-state index is 12.5. The Morgan fingerprint density at radius 1 is 1.16 bits per heavy atom. The number of methoxy groups -OCH3 is 2. The molecule has 3 N–H and O–H groups in total. The third-order valence-electron chi connectivity index (χ3n) is 4.77. The van der Waals surface area contributed by atoms with Gasteiger partial charge in [0.05, 0.1) is 25.9 Å². The molecule has 0 unspecified atom stereocenters. The average Bonchev–Trinajstić information content (AvgIpc) is 2.77. The van der Waals surface area contributed by atoms with E-state index in [9.17, 15) is 14.4 Å². The van der Waals surface area contributed by atoms with E-state index in [1.165, 1.54) is 14.2 Å². The molecule has 0 spiro atoms. The maximum Gasteiger partial charge on any atom is 0.319 e. The van der Waals surface area contributed by atoms with E-state index in [1.807, 2.05) is 0 Å². The predicted molar refractivity (Wildman–Crippen MR) is 120 cm³/mol. The molecule has 1 aliphatic rings. The van der Waals surface area contributed by atoms with Crippen LogP contribution in [0.1, 0.15) is 11.6 Å². The van der Waals surface area contributed by atoms with Crippen molar-refractivity contribution in [2.24, 2.45) is 5.92 Å². The number of para-hydroxylation sites is 2. The molecule has 1 saturated heterocycles. The van der Waals surface area contributed by atoms with Gasteiger partial charge in [0, 0.05) is 15.7 Å². The van der Waals surface area contributed by atoms with Crippen molar-refractivity contribution in [3.05, 3.63) is 64.8 Å². The van der Waals surface area contributed by atoms with Crippen molar-refractivity contribution >= 4 is 39.5 Å². The van der Waals surface area contributed by atoms with Crippen LogP contribution in [0.3, 0.4) is 0 Å². The van der Waals surface area contributed by atoms with E-state index in [0.29, 0.717) is 27.2 Å². The Kier molecular flexibility index (Phi) is 7.37. The van der Waals surface area contributed by atoms with Gasteiger partial charge in [0.15, 0.2) is 6.61 Å². The summed E-state index contributed by atoms with van der Waals surface area (Å²) in [6.45, 7) is 3.47. The van der Waals surface area contributed by atoms with Gasteiger partial charge in [-0.2, -0.15) is 0 Å². The summed E-state index contributed by atoms with van der Waals surface area (Å²) in [5, 5.41) is 7.93. The summed E-state index contributed by atoms with van der Waals surface area (Å²) in [7, 11) is 2.76. The number of anilines is 1. The van der Waals surface area contributed by atoms with E-state index in [0.717, 1.165) is 0 Å². The van der Waals surface area contributed by atoms with E-state index < -0.39 is 29.9 Å². The SMILES string of the molecule is C=C1NC(=O)N[C@@H](c2cc(Br)ccc2OCC(=O)Nc2ccccc2OC)[C@@H]1C(=O)OC. The largest absolute Gasteiger partial charge is 0.495 e. The van der Waals surface area contributed by atoms with Crippen LogP contribution in [0.4, 0.5) is 10.5 Å². The molecule has 2 aromatic carbocycles. The molecule has 1 aliphatic heterocycles. The Hall–Kier alpha value is -3.53. The van der Waals surface area contributed by atoms with Gasteiger partial charge in [-0.3, -0.25) is 9.59 Å². The van der Waals surface area contributed by atoms with Crippen molar-refractivity contribution in [3.63, 3.8) is 0 Å². The summed E-state index contributed by atoms with van der Waals surface area (Å²) in [4.78, 5) is 36.9. The molecule has 3 rings (SSSR count). The second-order valence-electron chi connectivity index (χ2n) is 6.82. The number of amides is 3. The minimum atomic E-state index is -0.892. The smallest absolute Gasteiger partial charge is 0.319 e. The first kappa shape index (κ1) is 23.1. The first-order valence-corrected chi connectivity index (χ1v) is 10.3.